The van der Waals surface area contributed by atoms with Gasteiger partial charge in [-0.15, -0.1) is 0 Å². The number of aryl methyl sites for hydroxylation is 1. The molecule has 0 saturated carbocycles. The van der Waals surface area contributed by atoms with Crippen molar-refractivity contribution in [2.45, 2.75) is 13.5 Å². The summed E-state index contributed by atoms with van der Waals surface area (Å²) in [5.74, 6) is -0.967. The Morgan fingerprint density at radius 3 is 3.06 bits per heavy atom. The first-order valence-electron chi connectivity index (χ1n) is 5.11. The monoisotopic (exact) mass is 248 g/mol. The van der Waals surface area contributed by atoms with Crippen LogP contribution in [0.3, 0.4) is 0 Å². The van der Waals surface area contributed by atoms with Crippen molar-refractivity contribution in [1.82, 2.24) is 4.98 Å². The molecule has 2 heterocycles. The molecule has 17 heavy (non-hydrogen) atoms. The predicted molar refractivity (Wildman–Crippen MR) is 67.6 cm³/mol. The Morgan fingerprint density at radius 1 is 1.59 bits per heavy atom. The van der Waals surface area contributed by atoms with E-state index in [-0.39, 0.29) is 5.56 Å². The topological polar surface area (TPSA) is 62.2 Å². The summed E-state index contributed by atoms with van der Waals surface area (Å²) in [6.07, 6.45) is 1.38. The zero-order valence-corrected chi connectivity index (χ0v) is 10.1. The average molecular weight is 248 g/mol. The second-order valence-electron chi connectivity index (χ2n) is 3.66. The number of anilines is 1. The van der Waals surface area contributed by atoms with E-state index < -0.39 is 5.97 Å². The lowest BCUT2D eigenvalue weighted by atomic mass is 10.2. The van der Waals surface area contributed by atoms with Gasteiger partial charge in [-0.05, 0) is 35.4 Å². The molecule has 0 radical (unpaired) electrons. The minimum atomic E-state index is -0.967. The lowest BCUT2D eigenvalue weighted by molar-refractivity contribution is 0.0697. The Bertz CT molecular complexity index is 523. The molecule has 0 atom stereocenters. The van der Waals surface area contributed by atoms with Crippen LogP contribution >= 0.6 is 11.3 Å². The third-order valence-electron chi connectivity index (χ3n) is 2.33. The van der Waals surface area contributed by atoms with Crippen molar-refractivity contribution < 1.29 is 9.90 Å². The van der Waals surface area contributed by atoms with Crippen LogP contribution in [-0.4, -0.2) is 16.1 Å². The van der Waals surface area contributed by atoms with Crippen LogP contribution in [0, 0.1) is 6.92 Å². The minimum absolute atomic E-state index is 0.200. The van der Waals surface area contributed by atoms with Crippen LogP contribution in [0.4, 0.5) is 5.69 Å². The Kier molecular flexibility index (Phi) is 3.39. The SMILES string of the molecule is Cc1cc(NCc2ccsc2)c(C(=O)O)cn1. The molecule has 0 fully saturated rings. The van der Waals surface area contributed by atoms with Gasteiger partial charge in [-0.3, -0.25) is 4.98 Å². The number of carboxylic acid groups (broad SMARTS) is 1. The number of carboxylic acids is 1. The number of aromatic nitrogens is 1. The second kappa shape index (κ2) is 4.97. The molecule has 0 spiro atoms. The van der Waals surface area contributed by atoms with Crippen LogP contribution in [0.5, 0.6) is 0 Å². The number of hydrogen-bond donors (Lipinski definition) is 2. The van der Waals surface area contributed by atoms with Crippen LogP contribution in [0.25, 0.3) is 0 Å². The normalized spacial score (nSPS) is 10.2. The molecule has 0 bridgehead atoms. The molecule has 5 heteroatoms. The fourth-order valence-electron chi connectivity index (χ4n) is 1.47. The van der Waals surface area contributed by atoms with Crippen molar-refractivity contribution >= 4 is 23.0 Å². The summed E-state index contributed by atoms with van der Waals surface area (Å²) in [5, 5.41) is 16.2. The van der Waals surface area contributed by atoms with E-state index in [2.05, 4.69) is 10.3 Å². The molecule has 0 aliphatic heterocycles. The van der Waals surface area contributed by atoms with Crippen LogP contribution in [0.15, 0.2) is 29.1 Å². The summed E-state index contributed by atoms with van der Waals surface area (Å²) < 4.78 is 0. The van der Waals surface area contributed by atoms with E-state index in [1.165, 1.54) is 6.20 Å². The van der Waals surface area contributed by atoms with Crippen LogP contribution in [0.1, 0.15) is 21.6 Å². The van der Waals surface area contributed by atoms with E-state index in [1.807, 2.05) is 23.8 Å². The highest BCUT2D eigenvalue weighted by Gasteiger charge is 2.10. The quantitative estimate of drug-likeness (QED) is 0.873. The molecular weight excluding hydrogens is 236 g/mol. The molecule has 2 rings (SSSR count). The summed E-state index contributed by atoms with van der Waals surface area (Å²) >= 11 is 1.62. The molecule has 0 aromatic carbocycles. The van der Waals surface area contributed by atoms with Gasteiger partial charge in [0.15, 0.2) is 0 Å². The fourth-order valence-corrected chi connectivity index (χ4v) is 2.14. The zero-order chi connectivity index (χ0) is 12.3. The molecule has 0 amide bonds. The van der Waals surface area contributed by atoms with Crippen LogP contribution in [-0.2, 0) is 6.54 Å². The molecule has 4 nitrogen and oxygen atoms in total. The summed E-state index contributed by atoms with van der Waals surface area (Å²) in [5.41, 5.74) is 2.74. The van der Waals surface area contributed by atoms with Gasteiger partial charge >= 0.3 is 5.97 Å². The van der Waals surface area contributed by atoms with E-state index in [0.29, 0.717) is 12.2 Å². The number of aromatic carboxylic acids is 1. The van der Waals surface area contributed by atoms with E-state index in [0.717, 1.165) is 11.3 Å². The smallest absolute Gasteiger partial charge is 0.339 e. The van der Waals surface area contributed by atoms with Crippen molar-refractivity contribution in [2.75, 3.05) is 5.32 Å². The molecule has 2 aromatic heterocycles. The maximum absolute atomic E-state index is 11.0. The number of hydrogen-bond acceptors (Lipinski definition) is 4. The first-order valence-corrected chi connectivity index (χ1v) is 6.06. The lowest BCUT2D eigenvalue weighted by Crippen LogP contribution is -2.07. The standard InChI is InChI=1S/C12H12N2O2S/c1-8-4-11(10(6-13-8)12(15)16)14-5-9-2-3-17-7-9/h2-4,6-7H,5H2,1H3,(H,13,14)(H,15,16). The third-order valence-corrected chi connectivity index (χ3v) is 3.07. The van der Waals surface area contributed by atoms with E-state index in [4.69, 9.17) is 5.11 Å². The predicted octanol–water partition coefficient (Wildman–Crippen LogP) is 2.76. The van der Waals surface area contributed by atoms with E-state index in [1.54, 1.807) is 17.4 Å². The van der Waals surface area contributed by atoms with E-state index in [9.17, 15) is 4.79 Å². The molecule has 2 N–H and O–H groups in total. The van der Waals surface area contributed by atoms with Crippen molar-refractivity contribution in [3.63, 3.8) is 0 Å². The Morgan fingerprint density at radius 2 is 2.41 bits per heavy atom. The van der Waals surface area contributed by atoms with Gasteiger partial charge in [0.05, 0.1) is 5.69 Å². The Hall–Kier alpha value is -1.88. The molecule has 0 saturated heterocycles. The third kappa shape index (κ3) is 2.82. The van der Waals surface area contributed by atoms with Crippen molar-refractivity contribution in [3.05, 3.63) is 45.9 Å². The maximum atomic E-state index is 11.0. The number of rotatable bonds is 4. The highest BCUT2D eigenvalue weighted by Crippen LogP contribution is 2.17. The molecular formula is C12H12N2O2S. The van der Waals surface area contributed by atoms with Crippen molar-refractivity contribution in [1.29, 1.82) is 0 Å². The van der Waals surface area contributed by atoms with Crippen LogP contribution in [0.2, 0.25) is 0 Å². The molecule has 2 aromatic rings. The van der Waals surface area contributed by atoms with Crippen LogP contribution < -0.4 is 5.32 Å². The van der Waals surface area contributed by atoms with Crippen molar-refractivity contribution in [3.8, 4) is 0 Å². The lowest BCUT2D eigenvalue weighted by Gasteiger charge is -2.09. The van der Waals surface area contributed by atoms with Gasteiger partial charge in [-0.1, -0.05) is 0 Å². The highest BCUT2D eigenvalue weighted by atomic mass is 32.1. The Labute approximate surface area is 103 Å². The highest BCUT2D eigenvalue weighted by molar-refractivity contribution is 7.07. The molecule has 0 aliphatic carbocycles. The maximum Gasteiger partial charge on any atom is 0.339 e. The summed E-state index contributed by atoms with van der Waals surface area (Å²) in [6, 6.07) is 3.75. The fraction of sp³-hybridized carbons (Fsp3) is 0.167. The van der Waals surface area contributed by atoms with Gasteiger partial charge in [0.25, 0.3) is 0 Å². The van der Waals surface area contributed by atoms with Crippen molar-refractivity contribution in [2.24, 2.45) is 0 Å². The number of nitrogens with zero attached hydrogens (tertiary/aromatic N) is 1. The van der Waals surface area contributed by atoms with Gasteiger partial charge in [0.1, 0.15) is 5.56 Å². The van der Waals surface area contributed by atoms with Gasteiger partial charge in [0.2, 0.25) is 0 Å². The number of pyridine rings is 1. The number of nitrogens with one attached hydrogen (secondary N) is 1. The number of carbonyl (C=O) groups is 1. The first-order chi connectivity index (χ1) is 8.16. The minimum Gasteiger partial charge on any atom is -0.478 e. The average Bonchev–Trinajstić information content (AvgIpc) is 2.78. The summed E-state index contributed by atoms with van der Waals surface area (Å²) in [4.78, 5) is 15.0. The van der Waals surface area contributed by atoms with Gasteiger partial charge in [0, 0.05) is 18.4 Å². The molecule has 0 unspecified atom stereocenters. The second-order valence-corrected chi connectivity index (χ2v) is 4.44. The largest absolute Gasteiger partial charge is 0.478 e. The first kappa shape index (κ1) is 11.6. The van der Waals surface area contributed by atoms with E-state index >= 15 is 0 Å². The summed E-state index contributed by atoms with van der Waals surface area (Å²) in [6.45, 7) is 2.45. The van der Waals surface area contributed by atoms with Gasteiger partial charge in [-0.25, -0.2) is 4.79 Å². The molecule has 88 valence electrons. The Balaban J connectivity index is 2.19. The number of thiophene rings is 1. The summed E-state index contributed by atoms with van der Waals surface area (Å²) in [7, 11) is 0. The van der Waals surface area contributed by atoms with Gasteiger partial charge < -0.3 is 10.4 Å². The molecule has 0 aliphatic rings. The van der Waals surface area contributed by atoms with Gasteiger partial charge in [-0.2, -0.15) is 11.3 Å². The zero-order valence-electron chi connectivity index (χ0n) is 9.30.